The van der Waals surface area contributed by atoms with E-state index in [0.717, 1.165) is 12.8 Å². The van der Waals surface area contributed by atoms with Crippen LogP contribution in [-0.2, 0) is 19.2 Å². The first-order valence-corrected chi connectivity index (χ1v) is 9.45. The van der Waals surface area contributed by atoms with E-state index in [1.54, 1.807) is 13.0 Å². The Morgan fingerprint density at radius 1 is 1.35 bits per heavy atom. The molecule has 26 heavy (non-hydrogen) atoms. The van der Waals surface area contributed by atoms with Gasteiger partial charge in [0, 0.05) is 11.5 Å². The zero-order valence-electron chi connectivity index (χ0n) is 15.8. The Hall–Kier alpha value is -1.21. The lowest BCUT2D eigenvalue weighted by atomic mass is 9.76. The summed E-state index contributed by atoms with van der Waals surface area (Å²) in [5.41, 5.74) is -1.40. The first-order valence-electron chi connectivity index (χ1n) is 9.45. The molecule has 2 saturated heterocycles. The minimum atomic E-state index is -1.11. The second-order valence-corrected chi connectivity index (χ2v) is 8.56. The van der Waals surface area contributed by atoms with Crippen molar-refractivity contribution >= 4 is 5.97 Å². The van der Waals surface area contributed by atoms with E-state index in [4.69, 9.17) is 14.4 Å². The van der Waals surface area contributed by atoms with Crippen LogP contribution in [0.15, 0.2) is 24.3 Å². The SMILES string of the molecule is C=C1C(=O)O[C@H]2[C@H]3O[C@@H](C[C@@H]12)[C@](C)(O)C/C=C/[C@](C)(OO)CCC[C@H]3C. The van der Waals surface area contributed by atoms with E-state index in [9.17, 15) is 15.2 Å². The van der Waals surface area contributed by atoms with Crippen molar-refractivity contribution in [3.8, 4) is 0 Å². The van der Waals surface area contributed by atoms with Crippen molar-refractivity contribution < 1.29 is 29.5 Å². The van der Waals surface area contributed by atoms with Crippen LogP contribution in [0.3, 0.4) is 0 Å². The van der Waals surface area contributed by atoms with E-state index in [0.29, 0.717) is 24.8 Å². The third-order valence-corrected chi connectivity index (χ3v) is 6.26. The molecule has 3 rings (SSSR count). The van der Waals surface area contributed by atoms with E-state index in [1.807, 2.05) is 13.0 Å². The molecule has 7 atom stereocenters. The zero-order chi connectivity index (χ0) is 19.1. The second kappa shape index (κ2) is 7.08. The van der Waals surface area contributed by atoms with Crippen LogP contribution >= 0.6 is 0 Å². The van der Waals surface area contributed by atoms with Crippen molar-refractivity contribution in [2.24, 2.45) is 11.8 Å². The molecule has 6 heteroatoms. The number of hydrogen-bond donors (Lipinski definition) is 2. The standard InChI is InChI=1S/C20H30O6/c1-12-7-5-8-19(3,26-23)9-6-10-20(4,22)15-11-14-13(2)18(21)25-17(14)16(12)24-15/h6,9,12,14-17,22-23H,2,5,7-8,10-11H2,1,3-4H3/b9-6+/t12-,14+,15+,16+,17-,19-,20-/m1/s1. The van der Waals surface area contributed by atoms with Crippen molar-refractivity contribution in [3.63, 3.8) is 0 Å². The van der Waals surface area contributed by atoms with Gasteiger partial charge in [-0.15, -0.1) is 0 Å². The minimum absolute atomic E-state index is 0.113. The number of aliphatic hydroxyl groups is 1. The van der Waals surface area contributed by atoms with Crippen LogP contribution in [0.1, 0.15) is 52.9 Å². The van der Waals surface area contributed by atoms with Gasteiger partial charge in [0.25, 0.3) is 0 Å². The lowest BCUT2D eigenvalue weighted by molar-refractivity contribution is -0.304. The molecule has 2 N–H and O–H groups in total. The molecule has 0 unspecified atom stereocenters. The van der Waals surface area contributed by atoms with Crippen LogP contribution < -0.4 is 0 Å². The smallest absolute Gasteiger partial charge is 0.334 e. The van der Waals surface area contributed by atoms with Crippen molar-refractivity contribution in [1.82, 2.24) is 0 Å². The number of rotatable bonds is 1. The highest BCUT2D eigenvalue weighted by Crippen LogP contribution is 2.44. The Labute approximate surface area is 154 Å². The maximum atomic E-state index is 12.0. The van der Waals surface area contributed by atoms with Crippen molar-refractivity contribution in [3.05, 3.63) is 24.3 Å². The summed E-state index contributed by atoms with van der Waals surface area (Å²) in [4.78, 5) is 16.7. The Bertz CT molecular complexity index is 597. The van der Waals surface area contributed by atoms with Crippen molar-refractivity contribution in [2.75, 3.05) is 0 Å². The number of carbonyl (C=O) groups is 1. The molecule has 0 aromatic carbocycles. The van der Waals surface area contributed by atoms with Crippen molar-refractivity contribution in [1.29, 1.82) is 0 Å². The summed E-state index contributed by atoms with van der Waals surface area (Å²) in [5.74, 6) is -0.337. The van der Waals surface area contributed by atoms with E-state index >= 15 is 0 Å². The first kappa shape index (κ1) is 19.5. The molecule has 0 saturated carbocycles. The lowest BCUT2D eigenvalue weighted by Crippen LogP contribution is -2.54. The summed E-state index contributed by atoms with van der Waals surface area (Å²) < 4.78 is 11.9. The van der Waals surface area contributed by atoms with Crippen molar-refractivity contribution in [2.45, 2.75) is 82.4 Å². The summed E-state index contributed by atoms with van der Waals surface area (Å²) in [7, 11) is 0. The molecule has 0 radical (unpaired) electrons. The van der Waals surface area contributed by atoms with E-state index in [2.05, 4.69) is 13.5 Å². The fourth-order valence-electron chi connectivity index (χ4n) is 4.39. The number of carbonyl (C=O) groups excluding carboxylic acids is 1. The van der Waals surface area contributed by atoms with E-state index in [-0.39, 0.29) is 30.0 Å². The molecule has 3 aliphatic rings. The highest BCUT2D eigenvalue weighted by atomic mass is 17.1. The number of esters is 1. The molecule has 0 spiro atoms. The molecule has 0 aromatic heterocycles. The molecular weight excluding hydrogens is 336 g/mol. The molecule has 0 aliphatic carbocycles. The maximum Gasteiger partial charge on any atom is 0.334 e. The van der Waals surface area contributed by atoms with Gasteiger partial charge in [0.15, 0.2) is 0 Å². The molecule has 0 aromatic rings. The number of ether oxygens (including phenoxy) is 2. The topological polar surface area (TPSA) is 85.2 Å². The molecule has 6 nitrogen and oxygen atoms in total. The summed E-state index contributed by atoms with van der Waals surface area (Å²) in [6.07, 6.45) is 5.76. The largest absolute Gasteiger partial charge is 0.456 e. The Morgan fingerprint density at radius 3 is 2.77 bits per heavy atom. The van der Waals surface area contributed by atoms with Gasteiger partial charge < -0.3 is 14.6 Å². The highest BCUT2D eigenvalue weighted by Gasteiger charge is 2.53. The monoisotopic (exact) mass is 366 g/mol. The molecule has 3 aliphatic heterocycles. The van der Waals surface area contributed by atoms with Crippen LogP contribution in [-0.4, -0.2) is 45.8 Å². The van der Waals surface area contributed by atoms with Gasteiger partial charge in [0.2, 0.25) is 0 Å². The van der Waals surface area contributed by atoms with Gasteiger partial charge in [-0.3, -0.25) is 5.26 Å². The average molecular weight is 366 g/mol. The fourth-order valence-corrected chi connectivity index (χ4v) is 4.39. The van der Waals surface area contributed by atoms with Gasteiger partial charge in [-0.1, -0.05) is 25.7 Å². The third kappa shape index (κ3) is 3.60. The van der Waals surface area contributed by atoms with Gasteiger partial charge in [-0.2, -0.15) is 0 Å². The summed E-state index contributed by atoms with van der Waals surface area (Å²) in [6.45, 7) is 9.55. The maximum absolute atomic E-state index is 12.0. The predicted molar refractivity (Wildman–Crippen MR) is 95.3 cm³/mol. The molecule has 2 fully saturated rings. The van der Waals surface area contributed by atoms with Crippen LogP contribution in [0.25, 0.3) is 0 Å². The molecular formula is C20H30O6. The summed E-state index contributed by atoms with van der Waals surface area (Å²) in [6, 6.07) is 0. The molecule has 2 bridgehead atoms. The van der Waals surface area contributed by atoms with Crippen LogP contribution in [0, 0.1) is 11.8 Å². The van der Waals surface area contributed by atoms with E-state index < -0.39 is 17.3 Å². The fraction of sp³-hybridized carbons (Fsp3) is 0.750. The molecule has 0 amide bonds. The van der Waals surface area contributed by atoms with Gasteiger partial charge >= 0.3 is 5.97 Å². The van der Waals surface area contributed by atoms with Crippen LogP contribution in [0.4, 0.5) is 0 Å². The van der Waals surface area contributed by atoms with Gasteiger partial charge in [-0.05, 0) is 51.9 Å². The van der Waals surface area contributed by atoms with Gasteiger partial charge in [0.05, 0.1) is 17.8 Å². The summed E-state index contributed by atoms with van der Waals surface area (Å²) in [5, 5.41) is 20.3. The highest BCUT2D eigenvalue weighted by molar-refractivity contribution is 5.91. The van der Waals surface area contributed by atoms with Crippen LogP contribution in [0.5, 0.6) is 0 Å². The lowest BCUT2D eigenvalue weighted by Gasteiger charge is -2.45. The second-order valence-electron chi connectivity index (χ2n) is 8.56. The molecule has 3 heterocycles. The zero-order valence-corrected chi connectivity index (χ0v) is 15.8. The Kier molecular flexibility index (Phi) is 5.32. The minimum Gasteiger partial charge on any atom is -0.456 e. The quantitative estimate of drug-likeness (QED) is 0.244. The predicted octanol–water partition coefficient (Wildman–Crippen LogP) is 3.01. The number of hydrogen-bond acceptors (Lipinski definition) is 6. The van der Waals surface area contributed by atoms with Gasteiger partial charge in [0.1, 0.15) is 11.7 Å². The normalized spacial score (nSPS) is 48.1. The van der Waals surface area contributed by atoms with Crippen LogP contribution in [0.2, 0.25) is 0 Å². The first-order chi connectivity index (χ1) is 12.2. The average Bonchev–Trinajstić information content (AvgIpc) is 2.87. The molecule has 146 valence electrons. The summed E-state index contributed by atoms with van der Waals surface area (Å²) >= 11 is 0. The Morgan fingerprint density at radius 2 is 2.08 bits per heavy atom. The van der Waals surface area contributed by atoms with E-state index in [1.165, 1.54) is 0 Å². The third-order valence-electron chi connectivity index (χ3n) is 6.26. The Balaban J connectivity index is 1.91. The number of fused-ring (bicyclic) bond motifs is 4. The van der Waals surface area contributed by atoms with Gasteiger partial charge in [-0.25, -0.2) is 9.68 Å².